The molecule has 0 aliphatic carbocycles. The van der Waals surface area contributed by atoms with E-state index in [2.05, 4.69) is 49.7 Å². The summed E-state index contributed by atoms with van der Waals surface area (Å²) in [6, 6.07) is 21.5. The molecule has 10 heteroatoms. The van der Waals surface area contributed by atoms with Gasteiger partial charge in [-0.2, -0.15) is 0 Å². The minimum absolute atomic E-state index is 0.188. The average Bonchev–Trinajstić information content (AvgIpc) is 3.44. The summed E-state index contributed by atoms with van der Waals surface area (Å²) < 4.78 is 18.6. The Morgan fingerprint density at radius 1 is 1.00 bits per heavy atom. The molecule has 40 heavy (non-hydrogen) atoms. The molecular weight excluding hydrogens is 508 g/mol. The second-order valence-electron chi connectivity index (χ2n) is 10.1. The van der Waals surface area contributed by atoms with Gasteiger partial charge >= 0.3 is 0 Å². The van der Waals surface area contributed by atoms with Gasteiger partial charge in [0.15, 0.2) is 17.3 Å². The SMILES string of the molecule is COc1ccc(Cn2nnnc2C(c2cc3cc4c(cc3[nH]c2=O)OCCO4)N2CCc3ccccc3C2)cc1. The van der Waals surface area contributed by atoms with Crippen LogP contribution in [0.1, 0.15) is 34.1 Å². The molecule has 0 bridgehead atoms. The van der Waals surface area contributed by atoms with E-state index in [1.54, 1.807) is 11.8 Å². The molecule has 10 nitrogen and oxygen atoms in total. The van der Waals surface area contributed by atoms with Gasteiger partial charge in [0.25, 0.3) is 5.56 Å². The Kier molecular flexibility index (Phi) is 6.16. The normalized spacial score (nSPS) is 15.5. The number of ether oxygens (including phenoxy) is 3. The maximum Gasteiger partial charge on any atom is 0.253 e. The first-order valence-corrected chi connectivity index (χ1v) is 13.3. The summed E-state index contributed by atoms with van der Waals surface area (Å²) in [5.74, 6) is 2.70. The van der Waals surface area contributed by atoms with Gasteiger partial charge in [0.2, 0.25) is 0 Å². The minimum atomic E-state index is -0.469. The van der Waals surface area contributed by atoms with Crippen LogP contribution in [0.3, 0.4) is 0 Å². The molecule has 7 rings (SSSR count). The number of H-pyrrole nitrogens is 1. The number of pyridine rings is 1. The van der Waals surface area contributed by atoms with E-state index in [1.165, 1.54) is 11.1 Å². The third-order valence-electron chi connectivity index (χ3n) is 7.65. The van der Waals surface area contributed by atoms with Crippen molar-refractivity contribution in [2.24, 2.45) is 0 Å². The van der Waals surface area contributed by atoms with Crippen molar-refractivity contribution in [3.63, 3.8) is 0 Å². The van der Waals surface area contributed by atoms with Gasteiger partial charge in [-0.15, -0.1) is 5.10 Å². The molecule has 3 aromatic carbocycles. The van der Waals surface area contributed by atoms with Crippen molar-refractivity contribution >= 4 is 10.9 Å². The summed E-state index contributed by atoms with van der Waals surface area (Å²) in [7, 11) is 1.64. The van der Waals surface area contributed by atoms with Crippen LogP contribution >= 0.6 is 0 Å². The fourth-order valence-electron chi connectivity index (χ4n) is 5.62. The monoisotopic (exact) mass is 536 g/mol. The molecule has 1 N–H and O–H groups in total. The molecule has 2 aromatic heterocycles. The zero-order valence-corrected chi connectivity index (χ0v) is 22.0. The zero-order valence-electron chi connectivity index (χ0n) is 22.0. The Hall–Kier alpha value is -4.70. The fraction of sp³-hybridized carbons (Fsp3) is 0.267. The van der Waals surface area contributed by atoms with Crippen LogP contribution in [-0.4, -0.2) is 57.0 Å². The van der Waals surface area contributed by atoms with Crippen LogP contribution in [0.25, 0.3) is 10.9 Å². The van der Waals surface area contributed by atoms with E-state index >= 15 is 0 Å². The Labute approximate surface area is 230 Å². The second kappa shape index (κ2) is 10.1. The van der Waals surface area contributed by atoms with Gasteiger partial charge in [0.1, 0.15) is 25.0 Å². The molecule has 0 fully saturated rings. The Bertz CT molecular complexity index is 1750. The van der Waals surface area contributed by atoms with E-state index in [9.17, 15) is 4.79 Å². The standard InChI is InChI=1S/C30H28N6O4/c1-38-23-8-6-19(7-9-23)17-36-29(32-33-34-36)28(35-11-10-20-4-2-3-5-21(20)18-35)24-14-22-15-26-27(40-13-12-39-26)16-25(22)31-30(24)37/h2-9,14-16,28H,10-13,17-18H2,1H3,(H,31,37). The van der Waals surface area contributed by atoms with Crippen LogP contribution in [0.15, 0.2) is 71.5 Å². The van der Waals surface area contributed by atoms with Crippen LogP contribution in [0.5, 0.6) is 17.2 Å². The third-order valence-corrected chi connectivity index (χ3v) is 7.65. The average molecular weight is 537 g/mol. The number of benzene rings is 3. The van der Waals surface area contributed by atoms with Crippen molar-refractivity contribution < 1.29 is 14.2 Å². The van der Waals surface area contributed by atoms with Gasteiger partial charge in [-0.1, -0.05) is 36.4 Å². The van der Waals surface area contributed by atoms with E-state index < -0.39 is 6.04 Å². The third kappa shape index (κ3) is 4.46. The summed E-state index contributed by atoms with van der Waals surface area (Å²) in [6.07, 6.45) is 0.872. The summed E-state index contributed by atoms with van der Waals surface area (Å²) in [4.78, 5) is 19.1. The highest BCUT2D eigenvalue weighted by Crippen LogP contribution is 2.36. The Morgan fingerprint density at radius 3 is 2.58 bits per heavy atom. The lowest BCUT2D eigenvalue weighted by Gasteiger charge is -2.34. The summed E-state index contributed by atoms with van der Waals surface area (Å²) >= 11 is 0. The molecular formula is C30H28N6O4. The van der Waals surface area contributed by atoms with E-state index in [0.717, 1.165) is 29.7 Å². The van der Waals surface area contributed by atoms with Crippen LogP contribution in [0.4, 0.5) is 0 Å². The van der Waals surface area contributed by atoms with Crippen molar-refractivity contribution in [2.45, 2.75) is 25.6 Å². The first-order valence-electron chi connectivity index (χ1n) is 13.3. The lowest BCUT2D eigenvalue weighted by atomic mass is 9.96. The molecule has 0 spiro atoms. The number of aromatic amines is 1. The summed E-state index contributed by atoms with van der Waals surface area (Å²) in [6.45, 7) is 2.86. The molecule has 0 saturated heterocycles. The largest absolute Gasteiger partial charge is 0.497 e. The number of nitrogens with zero attached hydrogens (tertiary/aromatic N) is 5. The number of tetrazole rings is 1. The second-order valence-corrected chi connectivity index (χ2v) is 10.1. The maximum atomic E-state index is 13.7. The van der Waals surface area contributed by atoms with Gasteiger partial charge in [0.05, 0.1) is 19.2 Å². The van der Waals surface area contributed by atoms with Crippen molar-refractivity contribution in [3.8, 4) is 17.2 Å². The van der Waals surface area contributed by atoms with Gasteiger partial charge in [-0.25, -0.2) is 4.68 Å². The number of aromatic nitrogens is 5. The number of hydrogen-bond acceptors (Lipinski definition) is 8. The molecule has 0 amide bonds. The molecule has 2 aliphatic heterocycles. The molecule has 1 unspecified atom stereocenters. The molecule has 202 valence electrons. The van der Waals surface area contributed by atoms with E-state index in [0.29, 0.717) is 54.7 Å². The van der Waals surface area contributed by atoms with Crippen molar-refractivity contribution in [1.29, 1.82) is 0 Å². The highest BCUT2D eigenvalue weighted by molar-refractivity contribution is 5.83. The summed E-state index contributed by atoms with van der Waals surface area (Å²) in [5.41, 5.74) is 4.67. The zero-order chi connectivity index (χ0) is 27.1. The van der Waals surface area contributed by atoms with Crippen LogP contribution < -0.4 is 19.8 Å². The van der Waals surface area contributed by atoms with E-state index in [1.807, 2.05) is 42.5 Å². The van der Waals surface area contributed by atoms with Crippen molar-refractivity contribution in [2.75, 3.05) is 26.9 Å². The molecule has 0 radical (unpaired) electrons. The van der Waals surface area contributed by atoms with Crippen LogP contribution in [-0.2, 0) is 19.5 Å². The molecule has 5 aromatic rings. The Balaban J connectivity index is 1.33. The molecule has 2 aliphatic rings. The van der Waals surface area contributed by atoms with Gasteiger partial charge in [0, 0.05) is 30.1 Å². The Morgan fingerprint density at radius 2 is 1.77 bits per heavy atom. The van der Waals surface area contributed by atoms with Gasteiger partial charge in [-0.3, -0.25) is 9.69 Å². The highest BCUT2D eigenvalue weighted by Gasteiger charge is 2.33. The fourth-order valence-corrected chi connectivity index (χ4v) is 5.62. The molecule has 1 atom stereocenters. The lowest BCUT2D eigenvalue weighted by molar-refractivity contribution is 0.172. The predicted octanol–water partition coefficient (Wildman–Crippen LogP) is 3.49. The van der Waals surface area contributed by atoms with E-state index in [4.69, 9.17) is 14.2 Å². The van der Waals surface area contributed by atoms with Crippen molar-refractivity contribution in [3.05, 3.63) is 105 Å². The number of nitrogens with one attached hydrogen (secondary N) is 1. The van der Waals surface area contributed by atoms with Crippen molar-refractivity contribution in [1.82, 2.24) is 30.1 Å². The summed E-state index contributed by atoms with van der Waals surface area (Å²) in [5, 5.41) is 13.7. The van der Waals surface area contributed by atoms with Crippen LogP contribution in [0, 0.1) is 0 Å². The quantitative estimate of drug-likeness (QED) is 0.352. The maximum absolute atomic E-state index is 13.7. The molecule has 4 heterocycles. The van der Waals surface area contributed by atoms with Crippen LogP contribution in [0.2, 0.25) is 0 Å². The number of hydrogen-bond donors (Lipinski definition) is 1. The first kappa shape index (κ1) is 24.3. The number of fused-ring (bicyclic) bond motifs is 3. The predicted molar refractivity (Wildman–Crippen MR) is 148 cm³/mol. The van der Waals surface area contributed by atoms with E-state index in [-0.39, 0.29) is 5.56 Å². The minimum Gasteiger partial charge on any atom is -0.497 e. The first-order chi connectivity index (χ1) is 19.7. The number of methoxy groups -OCH3 is 1. The molecule has 0 saturated carbocycles. The smallest absolute Gasteiger partial charge is 0.253 e. The van der Waals surface area contributed by atoms with Gasteiger partial charge < -0.3 is 19.2 Å². The highest BCUT2D eigenvalue weighted by atomic mass is 16.6. The van der Waals surface area contributed by atoms with Gasteiger partial charge in [-0.05, 0) is 57.8 Å². The lowest BCUT2D eigenvalue weighted by Crippen LogP contribution is -2.38. The topological polar surface area (TPSA) is 107 Å². The number of rotatable bonds is 6.